The molecule has 1 N–H and O–H groups in total. The zero-order valence-electron chi connectivity index (χ0n) is 12.4. The third-order valence-corrected chi connectivity index (χ3v) is 3.90. The Kier molecular flexibility index (Phi) is 7.49. The number of nitrogens with zero attached hydrogens (tertiary/aromatic N) is 1. The molecule has 0 amide bonds. The second-order valence-electron chi connectivity index (χ2n) is 5.87. The third-order valence-electron chi connectivity index (χ3n) is 3.90. The Labute approximate surface area is 128 Å². The molecule has 1 unspecified atom stereocenters. The lowest BCUT2D eigenvalue weighted by Gasteiger charge is -2.32. The minimum atomic E-state index is -0.138. The Bertz CT molecular complexity index is 392. The molecule has 0 radical (unpaired) electrons. The number of piperidine rings is 1. The third kappa shape index (κ3) is 5.39. The van der Waals surface area contributed by atoms with Crippen LogP contribution in [-0.4, -0.2) is 30.6 Å². The molecule has 2 rings (SSSR count). The highest BCUT2D eigenvalue weighted by Crippen LogP contribution is 2.16. The van der Waals surface area contributed by atoms with Crippen molar-refractivity contribution >= 4 is 12.4 Å². The Balaban J connectivity index is 0.00000200. The molecular weight excluding hydrogens is 275 g/mol. The Morgan fingerprint density at radius 1 is 1.40 bits per heavy atom. The number of rotatable bonds is 5. The van der Waals surface area contributed by atoms with Crippen LogP contribution in [0, 0.1) is 11.7 Å². The molecule has 0 spiro atoms. The van der Waals surface area contributed by atoms with Crippen molar-refractivity contribution in [1.29, 1.82) is 0 Å². The van der Waals surface area contributed by atoms with Crippen LogP contribution in [0.3, 0.4) is 0 Å². The average molecular weight is 301 g/mol. The number of hydrogen-bond donors (Lipinski definition) is 1. The van der Waals surface area contributed by atoms with Gasteiger partial charge in [0.2, 0.25) is 0 Å². The lowest BCUT2D eigenvalue weighted by molar-refractivity contribution is 0.164. The predicted octanol–water partition coefficient (Wildman–Crippen LogP) is 3.46. The van der Waals surface area contributed by atoms with Gasteiger partial charge in [-0.2, -0.15) is 0 Å². The lowest BCUT2D eigenvalue weighted by Crippen LogP contribution is -2.40. The molecule has 2 nitrogen and oxygen atoms in total. The van der Waals surface area contributed by atoms with Crippen molar-refractivity contribution in [3.8, 4) is 0 Å². The summed E-state index contributed by atoms with van der Waals surface area (Å²) >= 11 is 0. The molecular formula is C16H26ClFN2. The van der Waals surface area contributed by atoms with Crippen molar-refractivity contribution in [3.05, 3.63) is 35.6 Å². The Hall–Kier alpha value is -0.640. The molecule has 4 heteroatoms. The van der Waals surface area contributed by atoms with Crippen LogP contribution in [0.2, 0.25) is 0 Å². The standard InChI is InChI=1S/C16H25FN2.ClH/c1-13(2)19(12-15-6-4-8-18-10-15)11-14-5-3-7-16(17)9-14;/h3,5,7,9,13,15,18H,4,6,8,10-12H2,1-2H3;1H. The largest absolute Gasteiger partial charge is 0.316 e. The van der Waals surface area contributed by atoms with E-state index in [0.29, 0.717) is 6.04 Å². The summed E-state index contributed by atoms with van der Waals surface area (Å²) in [7, 11) is 0. The van der Waals surface area contributed by atoms with Gasteiger partial charge in [0.15, 0.2) is 0 Å². The van der Waals surface area contributed by atoms with Crippen LogP contribution >= 0.6 is 12.4 Å². The summed E-state index contributed by atoms with van der Waals surface area (Å²) in [6.45, 7) is 8.65. The van der Waals surface area contributed by atoms with Gasteiger partial charge in [-0.3, -0.25) is 4.90 Å². The highest BCUT2D eigenvalue weighted by Gasteiger charge is 2.19. The van der Waals surface area contributed by atoms with Gasteiger partial charge in [-0.25, -0.2) is 4.39 Å². The predicted molar refractivity (Wildman–Crippen MR) is 84.8 cm³/mol. The Morgan fingerprint density at radius 2 is 2.20 bits per heavy atom. The van der Waals surface area contributed by atoms with Crippen molar-refractivity contribution in [3.63, 3.8) is 0 Å². The maximum Gasteiger partial charge on any atom is 0.123 e. The fraction of sp³-hybridized carbons (Fsp3) is 0.625. The number of halogens is 2. The van der Waals surface area contributed by atoms with E-state index >= 15 is 0 Å². The van der Waals surface area contributed by atoms with Gasteiger partial charge in [0, 0.05) is 19.1 Å². The summed E-state index contributed by atoms with van der Waals surface area (Å²) in [4.78, 5) is 2.45. The first kappa shape index (κ1) is 17.4. The average Bonchev–Trinajstić information content (AvgIpc) is 2.39. The molecule has 1 heterocycles. The van der Waals surface area contributed by atoms with Gasteiger partial charge in [-0.15, -0.1) is 12.4 Å². The topological polar surface area (TPSA) is 15.3 Å². The highest BCUT2D eigenvalue weighted by atomic mass is 35.5. The van der Waals surface area contributed by atoms with E-state index in [2.05, 4.69) is 24.1 Å². The second-order valence-corrected chi connectivity index (χ2v) is 5.87. The molecule has 1 aromatic rings. The van der Waals surface area contributed by atoms with Gasteiger partial charge in [-0.1, -0.05) is 12.1 Å². The second kappa shape index (κ2) is 8.60. The van der Waals surface area contributed by atoms with E-state index in [4.69, 9.17) is 0 Å². The molecule has 20 heavy (non-hydrogen) atoms. The van der Waals surface area contributed by atoms with E-state index in [-0.39, 0.29) is 18.2 Å². The molecule has 0 aromatic heterocycles. The van der Waals surface area contributed by atoms with Gasteiger partial charge in [-0.05, 0) is 63.4 Å². The van der Waals surface area contributed by atoms with Crippen LogP contribution in [0.25, 0.3) is 0 Å². The first-order chi connectivity index (χ1) is 9.15. The number of benzene rings is 1. The first-order valence-corrected chi connectivity index (χ1v) is 7.34. The van der Waals surface area contributed by atoms with E-state index in [1.807, 2.05) is 6.07 Å². The summed E-state index contributed by atoms with van der Waals surface area (Å²) < 4.78 is 13.2. The van der Waals surface area contributed by atoms with Gasteiger partial charge in [0.25, 0.3) is 0 Å². The molecule has 1 aliphatic heterocycles. The minimum absolute atomic E-state index is 0. The quantitative estimate of drug-likeness (QED) is 0.896. The van der Waals surface area contributed by atoms with Gasteiger partial charge in [0.1, 0.15) is 5.82 Å². The molecule has 1 atom stereocenters. The van der Waals surface area contributed by atoms with Crippen LogP contribution in [0.15, 0.2) is 24.3 Å². The highest BCUT2D eigenvalue weighted by molar-refractivity contribution is 5.85. The molecule has 1 aliphatic rings. The molecule has 0 saturated carbocycles. The summed E-state index contributed by atoms with van der Waals surface area (Å²) in [6, 6.07) is 7.45. The van der Waals surface area contributed by atoms with Crippen LogP contribution in [-0.2, 0) is 6.54 Å². The molecule has 0 bridgehead atoms. The fourth-order valence-electron chi connectivity index (χ4n) is 2.74. The smallest absolute Gasteiger partial charge is 0.123 e. The fourth-order valence-corrected chi connectivity index (χ4v) is 2.74. The van der Waals surface area contributed by atoms with Gasteiger partial charge < -0.3 is 5.32 Å². The molecule has 114 valence electrons. The van der Waals surface area contributed by atoms with Crippen LogP contribution in [0.5, 0.6) is 0 Å². The number of hydrogen-bond acceptors (Lipinski definition) is 2. The van der Waals surface area contributed by atoms with E-state index in [1.54, 1.807) is 12.1 Å². The SMILES string of the molecule is CC(C)N(Cc1cccc(F)c1)CC1CCCNC1.Cl. The van der Waals surface area contributed by atoms with Crippen molar-refractivity contribution in [2.45, 2.75) is 39.3 Å². The molecule has 1 fully saturated rings. The van der Waals surface area contributed by atoms with E-state index in [1.165, 1.54) is 18.9 Å². The first-order valence-electron chi connectivity index (χ1n) is 7.34. The van der Waals surface area contributed by atoms with Crippen molar-refractivity contribution in [2.24, 2.45) is 5.92 Å². The van der Waals surface area contributed by atoms with Crippen molar-refractivity contribution in [2.75, 3.05) is 19.6 Å². The van der Waals surface area contributed by atoms with Crippen LogP contribution in [0.1, 0.15) is 32.3 Å². The van der Waals surface area contributed by atoms with E-state index < -0.39 is 0 Å². The summed E-state index contributed by atoms with van der Waals surface area (Å²) in [6.07, 6.45) is 2.58. The van der Waals surface area contributed by atoms with E-state index in [0.717, 1.165) is 37.7 Å². The Morgan fingerprint density at radius 3 is 2.80 bits per heavy atom. The van der Waals surface area contributed by atoms with Crippen molar-refractivity contribution in [1.82, 2.24) is 10.2 Å². The molecule has 0 aliphatic carbocycles. The monoisotopic (exact) mass is 300 g/mol. The summed E-state index contributed by atoms with van der Waals surface area (Å²) in [5, 5.41) is 3.47. The summed E-state index contributed by atoms with van der Waals surface area (Å²) in [5.41, 5.74) is 1.07. The van der Waals surface area contributed by atoms with Gasteiger partial charge in [0.05, 0.1) is 0 Å². The van der Waals surface area contributed by atoms with Crippen LogP contribution < -0.4 is 5.32 Å². The zero-order chi connectivity index (χ0) is 13.7. The van der Waals surface area contributed by atoms with Gasteiger partial charge >= 0.3 is 0 Å². The molecule has 1 aromatic carbocycles. The van der Waals surface area contributed by atoms with Crippen LogP contribution in [0.4, 0.5) is 4.39 Å². The number of nitrogens with one attached hydrogen (secondary N) is 1. The maximum absolute atomic E-state index is 13.2. The maximum atomic E-state index is 13.2. The van der Waals surface area contributed by atoms with Crippen molar-refractivity contribution < 1.29 is 4.39 Å². The normalized spacial score (nSPS) is 19.1. The zero-order valence-corrected chi connectivity index (χ0v) is 13.3. The lowest BCUT2D eigenvalue weighted by atomic mass is 9.98. The minimum Gasteiger partial charge on any atom is -0.316 e. The summed E-state index contributed by atoms with van der Waals surface area (Å²) in [5.74, 6) is 0.588. The molecule has 1 saturated heterocycles. The van der Waals surface area contributed by atoms with E-state index in [9.17, 15) is 4.39 Å².